The quantitative estimate of drug-likeness (QED) is 0.624. The minimum atomic E-state index is -0.148. The second-order valence-corrected chi connectivity index (χ2v) is 4.60. The molecule has 0 radical (unpaired) electrons. The average molecular weight is 216 g/mol. The Bertz CT molecular complexity index is 182. The molecule has 90 valence electrons. The summed E-state index contributed by atoms with van der Waals surface area (Å²) in [4.78, 5) is 2.33. The van der Waals surface area contributed by atoms with Gasteiger partial charge in [-0.15, -0.1) is 0 Å². The van der Waals surface area contributed by atoms with E-state index in [2.05, 4.69) is 29.3 Å². The Hall–Kier alpha value is -0.200. The van der Waals surface area contributed by atoms with Gasteiger partial charge in [0.05, 0.1) is 12.1 Å². The smallest absolute Gasteiger partial charge is 0.0667 e. The number of nitrogens with one attached hydrogen (secondary N) is 1. The van der Waals surface area contributed by atoms with Gasteiger partial charge in [0.25, 0.3) is 0 Å². The molecule has 1 fully saturated rings. The van der Waals surface area contributed by atoms with E-state index in [-0.39, 0.29) is 5.54 Å². The summed E-state index contributed by atoms with van der Waals surface area (Å²) in [6, 6.07) is 0. The zero-order valence-electron chi connectivity index (χ0n) is 10.1. The van der Waals surface area contributed by atoms with E-state index < -0.39 is 0 Å². The lowest BCUT2D eigenvalue weighted by Gasteiger charge is -2.39. The molecule has 3 N–H and O–H groups in total. The van der Waals surface area contributed by atoms with Crippen molar-refractivity contribution >= 4 is 0 Å². The monoisotopic (exact) mass is 216 g/mol. The first-order valence-corrected chi connectivity index (χ1v) is 5.50. The molecule has 5 nitrogen and oxygen atoms in total. The summed E-state index contributed by atoms with van der Waals surface area (Å²) in [6.45, 7) is 7.57. The molecule has 15 heavy (non-hydrogen) atoms. The number of ether oxygens (including phenoxy) is 1. The maximum absolute atomic E-state index is 5.76. The van der Waals surface area contributed by atoms with Gasteiger partial charge in [0, 0.05) is 39.8 Å². The number of hydrogen-bond donors (Lipinski definition) is 2. The second-order valence-electron chi connectivity index (χ2n) is 4.60. The molecular formula is C10H24N4O. The predicted molar refractivity (Wildman–Crippen MR) is 61.5 cm³/mol. The van der Waals surface area contributed by atoms with Gasteiger partial charge < -0.3 is 15.4 Å². The molecule has 1 atom stereocenters. The third-order valence-corrected chi connectivity index (χ3v) is 2.84. The van der Waals surface area contributed by atoms with Crippen molar-refractivity contribution in [3.05, 3.63) is 0 Å². The molecule has 1 saturated heterocycles. The summed E-state index contributed by atoms with van der Waals surface area (Å²) >= 11 is 0. The van der Waals surface area contributed by atoms with Gasteiger partial charge in [0.2, 0.25) is 0 Å². The van der Waals surface area contributed by atoms with Crippen LogP contribution in [0, 0.1) is 0 Å². The van der Waals surface area contributed by atoms with Crippen LogP contribution in [0.25, 0.3) is 0 Å². The van der Waals surface area contributed by atoms with Gasteiger partial charge >= 0.3 is 0 Å². The van der Waals surface area contributed by atoms with Crippen LogP contribution in [-0.2, 0) is 4.74 Å². The zero-order chi connectivity index (χ0) is 11.3. The predicted octanol–water partition coefficient (Wildman–Crippen LogP) is -0.898. The molecule has 0 aromatic carbocycles. The Morgan fingerprint density at radius 1 is 1.33 bits per heavy atom. The first kappa shape index (κ1) is 12.9. The molecular weight excluding hydrogens is 192 g/mol. The molecule has 1 unspecified atom stereocenters. The highest BCUT2D eigenvalue weighted by Crippen LogP contribution is 2.05. The topological polar surface area (TPSA) is 53.8 Å². The van der Waals surface area contributed by atoms with E-state index in [1.54, 1.807) is 7.11 Å². The Morgan fingerprint density at radius 2 is 1.93 bits per heavy atom. The normalized spacial score (nSPS) is 24.0. The fraction of sp³-hybridized carbons (Fsp3) is 1.00. The molecule has 1 heterocycles. The van der Waals surface area contributed by atoms with E-state index in [1.165, 1.54) is 0 Å². The minimum Gasteiger partial charge on any atom is -0.383 e. The number of nitrogens with zero attached hydrogens (tertiary/aromatic N) is 2. The fourth-order valence-electron chi connectivity index (χ4n) is 1.76. The van der Waals surface area contributed by atoms with Gasteiger partial charge in [0.15, 0.2) is 0 Å². The maximum Gasteiger partial charge on any atom is 0.0667 e. The van der Waals surface area contributed by atoms with Crippen molar-refractivity contribution < 1.29 is 4.74 Å². The molecule has 0 bridgehead atoms. The summed E-state index contributed by atoms with van der Waals surface area (Å²) in [5.74, 6) is 0. The Labute approximate surface area is 92.5 Å². The van der Waals surface area contributed by atoms with Crippen molar-refractivity contribution in [3.8, 4) is 0 Å². The van der Waals surface area contributed by atoms with Gasteiger partial charge in [-0.05, 0) is 14.0 Å². The molecule has 0 amide bonds. The van der Waals surface area contributed by atoms with Crippen LogP contribution >= 0.6 is 0 Å². The van der Waals surface area contributed by atoms with E-state index in [4.69, 9.17) is 10.5 Å². The average Bonchev–Trinajstić information content (AvgIpc) is 2.22. The molecule has 0 aromatic heterocycles. The number of piperazine rings is 1. The van der Waals surface area contributed by atoms with E-state index in [9.17, 15) is 0 Å². The van der Waals surface area contributed by atoms with E-state index in [1.807, 2.05) is 0 Å². The second kappa shape index (κ2) is 5.77. The van der Waals surface area contributed by atoms with Crippen LogP contribution in [0.2, 0.25) is 0 Å². The van der Waals surface area contributed by atoms with Crippen LogP contribution in [0.3, 0.4) is 0 Å². The highest BCUT2D eigenvalue weighted by Gasteiger charge is 2.26. The first-order chi connectivity index (χ1) is 7.09. The number of hydrogen-bond acceptors (Lipinski definition) is 5. The number of hydrazine groups is 1. The largest absolute Gasteiger partial charge is 0.383 e. The minimum absolute atomic E-state index is 0.148. The van der Waals surface area contributed by atoms with E-state index in [0.717, 1.165) is 26.2 Å². The summed E-state index contributed by atoms with van der Waals surface area (Å²) in [5.41, 5.74) is 9.07. The third-order valence-electron chi connectivity index (χ3n) is 2.84. The molecule has 1 aliphatic heterocycles. The maximum atomic E-state index is 5.76. The summed E-state index contributed by atoms with van der Waals surface area (Å²) < 4.78 is 5.18. The standard InChI is InChI=1S/C10H24N4O/c1-10(8-11,9-15-3)12-14-6-4-13(2)5-7-14/h12H,4-9,11H2,1-3H3. The van der Waals surface area contributed by atoms with Crippen molar-refractivity contribution in [3.63, 3.8) is 0 Å². The SMILES string of the molecule is COCC(C)(CN)NN1CCN(C)CC1. The zero-order valence-corrected chi connectivity index (χ0v) is 10.1. The number of rotatable bonds is 5. The van der Waals surface area contributed by atoms with Gasteiger partial charge in [-0.2, -0.15) is 0 Å². The van der Waals surface area contributed by atoms with Crippen LogP contribution in [0.5, 0.6) is 0 Å². The van der Waals surface area contributed by atoms with Crippen LogP contribution < -0.4 is 11.2 Å². The van der Waals surface area contributed by atoms with Gasteiger partial charge in [-0.25, -0.2) is 10.4 Å². The summed E-state index contributed by atoms with van der Waals surface area (Å²) in [7, 11) is 3.86. The summed E-state index contributed by atoms with van der Waals surface area (Å²) in [6.07, 6.45) is 0. The number of nitrogens with two attached hydrogens (primary N) is 1. The first-order valence-electron chi connectivity index (χ1n) is 5.50. The van der Waals surface area contributed by atoms with Crippen molar-refractivity contribution in [2.24, 2.45) is 5.73 Å². The molecule has 1 rings (SSSR count). The van der Waals surface area contributed by atoms with Crippen molar-refractivity contribution in [2.75, 3.05) is 53.5 Å². The van der Waals surface area contributed by atoms with Crippen LogP contribution in [-0.4, -0.2) is 68.9 Å². The Balaban J connectivity index is 2.38. The fourth-order valence-corrected chi connectivity index (χ4v) is 1.76. The van der Waals surface area contributed by atoms with Crippen LogP contribution in [0.15, 0.2) is 0 Å². The molecule has 0 aliphatic carbocycles. The highest BCUT2D eigenvalue weighted by atomic mass is 16.5. The number of methoxy groups -OCH3 is 1. The molecule has 0 spiro atoms. The van der Waals surface area contributed by atoms with Crippen molar-refractivity contribution in [1.82, 2.24) is 15.3 Å². The summed E-state index contributed by atoms with van der Waals surface area (Å²) in [5, 5.41) is 2.24. The molecule has 0 aromatic rings. The van der Waals surface area contributed by atoms with Crippen LogP contribution in [0.1, 0.15) is 6.92 Å². The van der Waals surface area contributed by atoms with E-state index >= 15 is 0 Å². The third kappa shape index (κ3) is 4.04. The Kier molecular flexibility index (Phi) is 4.95. The molecule has 0 saturated carbocycles. The molecule has 1 aliphatic rings. The van der Waals surface area contributed by atoms with Crippen molar-refractivity contribution in [2.45, 2.75) is 12.5 Å². The molecule has 5 heteroatoms. The van der Waals surface area contributed by atoms with Crippen LogP contribution in [0.4, 0.5) is 0 Å². The highest BCUT2D eigenvalue weighted by molar-refractivity contribution is 4.84. The van der Waals surface area contributed by atoms with Crippen molar-refractivity contribution in [1.29, 1.82) is 0 Å². The lowest BCUT2D eigenvalue weighted by Crippen LogP contribution is -2.62. The van der Waals surface area contributed by atoms with Gasteiger partial charge in [-0.3, -0.25) is 0 Å². The Morgan fingerprint density at radius 3 is 2.40 bits per heavy atom. The lowest BCUT2D eigenvalue weighted by molar-refractivity contribution is 0.0244. The van der Waals surface area contributed by atoms with Gasteiger partial charge in [-0.1, -0.05) is 0 Å². The van der Waals surface area contributed by atoms with Gasteiger partial charge in [0.1, 0.15) is 0 Å². The lowest BCUT2D eigenvalue weighted by atomic mass is 10.1. The number of likely N-dealkylation sites (N-methyl/N-ethyl adjacent to an activating group) is 1. The van der Waals surface area contributed by atoms with E-state index in [0.29, 0.717) is 13.2 Å².